The Bertz CT molecular complexity index is 201. The molecule has 0 fully saturated rings. The van der Waals surface area contributed by atoms with E-state index in [2.05, 4.69) is 5.32 Å². The van der Waals surface area contributed by atoms with Gasteiger partial charge in [-0.2, -0.15) is 0 Å². The molecule has 6 heteroatoms. The Morgan fingerprint density at radius 1 is 1.53 bits per heavy atom. The van der Waals surface area contributed by atoms with Crippen molar-refractivity contribution < 1.29 is 18.7 Å². The molecule has 0 rings (SSSR count). The lowest BCUT2D eigenvalue weighted by atomic mass is 10.2. The third kappa shape index (κ3) is 7.21. The minimum Gasteiger partial charge on any atom is -0.390 e. The van der Waals surface area contributed by atoms with Crippen molar-refractivity contribution in [3.8, 4) is 0 Å². The first kappa shape index (κ1) is 14.2. The summed E-state index contributed by atoms with van der Waals surface area (Å²) in [5.74, 6) is -3.74. The van der Waals surface area contributed by atoms with Crippen LogP contribution in [0.5, 0.6) is 0 Å². The molecule has 90 valence electrons. The number of amides is 1. The van der Waals surface area contributed by atoms with Gasteiger partial charge in [0, 0.05) is 6.04 Å². The average molecular weight is 224 g/mol. The van der Waals surface area contributed by atoms with E-state index in [1.54, 1.807) is 0 Å². The fourth-order valence-corrected chi connectivity index (χ4v) is 0.758. The number of carbonyl (C=O) groups is 1. The van der Waals surface area contributed by atoms with Crippen molar-refractivity contribution in [3.63, 3.8) is 0 Å². The highest BCUT2D eigenvalue weighted by Gasteiger charge is 2.27. The van der Waals surface area contributed by atoms with Gasteiger partial charge in [-0.1, -0.05) is 6.92 Å². The predicted octanol–water partition coefficient (Wildman–Crippen LogP) is 0.118. The number of aliphatic hydroxyl groups is 1. The Hall–Kier alpha value is -0.750. The van der Waals surface area contributed by atoms with Crippen molar-refractivity contribution in [1.82, 2.24) is 10.6 Å². The molecule has 0 bridgehead atoms. The van der Waals surface area contributed by atoms with E-state index in [9.17, 15) is 13.6 Å². The zero-order valence-corrected chi connectivity index (χ0v) is 9.02. The summed E-state index contributed by atoms with van der Waals surface area (Å²) in [5.41, 5.74) is 0. The third-order valence-electron chi connectivity index (χ3n) is 2.00. The van der Waals surface area contributed by atoms with Gasteiger partial charge in [0.2, 0.25) is 5.91 Å². The van der Waals surface area contributed by atoms with Gasteiger partial charge in [-0.3, -0.25) is 4.79 Å². The van der Waals surface area contributed by atoms with Crippen molar-refractivity contribution >= 4 is 5.91 Å². The van der Waals surface area contributed by atoms with Crippen LogP contribution < -0.4 is 10.6 Å². The van der Waals surface area contributed by atoms with Crippen LogP contribution in [-0.2, 0) is 4.79 Å². The molecule has 0 saturated heterocycles. The largest absolute Gasteiger partial charge is 0.390 e. The molecular formula is C9H18F2N2O2. The topological polar surface area (TPSA) is 61.4 Å². The van der Waals surface area contributed by atoms with E-state index in [-0.39, 0.29) is 12.6 Å². The monoisotopic (exact) mass is 224 g/mol. The minimum absolute atomic E-state index is 0.0104. The zero-order valence-electron chi connectivity index (χ0n) is 9.02. The molecule has 4 nitrogen and oxygen atoms in total. The maximum absolute atomic E-state index is 12.5. The summed E-state index contributed by atoms with van der Waals surface area (Å²) in [4.78, 5) is 11.0. The molecule has 0 saturated carbocycles. The first-order chi connectivity index (χ1) is 6.91. The second kappa shape index (κ2) is 6.68. The van der Waals surface area contributed by atoms with Gasteiger partial charge in [0.15, 0.2) is 0 Å². The molecule has 0 aromatic carbocycles. The molecule has 0 aliphatic carbocycles. The fraction of sp³-hybridized carbons (Fsp3) is 0.889. The van der Waals surface area contributed by atoms with Gasteiger partial charge in [0.1, 0.15) is 6.61 Å². The van der Waals surface area contributed by atoms with Crippen LogP contribution >= 0.6 is 0 Å². The lowest BCUT2D eigenvalue weighted by molar-refractivity contribution is -0.123. The molecule has 0 aliphatic heterocycles. The van der Waals surface area contributed by atoms with Gasteiger partial charge >= 0.3 is 0 Å². The van der Waals surface area contributed by atoms with E-state index in [4.69, 9.17) is 5.11 Å². The summed E-state index contributed by atoms with van der Waals surface area (Å²) in [5, 5.41) is 13.2. The molecule has 0 aromatic rings. The predicted molar refractivity (Wildman–Crippen MR) is 52.8 cm³/mol. The minimum atomic E-state index is -3.24. The Labute approximate surface area is 88.0 Å². The van der Waals surface area contributed by atoms with Crippen molar-refractivity contribution in [1.29, 1.82) is 0 Å². The van der Waals surface area contributed by atoms with Gasteiger partial charge in [-0.25, -0.2) is 8.78 Å². The van der Waals surface area contributed by atoms with Crippen LogP contribution in [0.3, 0.4) is 0 Å². The highest BCUT2D eigenvalue weighted by molar-refractivity contribution is 5.78. The molecule has 0 spiro atoms. The van der Waals surface area contributed by atoms with Crippen LogP contribution in [0.15, 0.2) is 0 Å². The lowest BCUT2D eigenvalue weighted by Crippen LogP contribution is -2.43. The van der Waals surface area contributed by atoms with Crippen molar-refractivity contribution in [3.05, 3.63) is 0 Å². The third-order valence-corrected chi connectivity index (χ3v) is 2.00. The lowest BCUT2D eigenvalue weighted by Gasteiger charge is -2.15. The molecule has 1 amide bonds. The summed E-state index contributed by atoms with van der Waals surface area (Å²) >= 11 is 0. The number of nitrogens with one attached hydrogen (secondary N) is 2. The van der Waals surface area contributed by atoms with Gasteiger partial charge in [-0.05, 0) is 13.3 Å². The van der Waals surface area contributed by atoms with E-state index in [0.717, 1.165) is 6.42 Å². The van der Waals surface area contributed by atoms with E-state index in [0.29, 0.717) is 0 Å². The first-order valence-corrected chi connectivity index (χ1v) is 4.90. The van der Waals surface area contributed by atoms with E-state index < -0.39 is 25.0 Å². The quantitative estimate of drug-likeness (QED) is 0.575. The number of rotatable bonds is 7. The smallest absolute Gasteiger partial charge is 0.287 e. The van der Waals surface area contributed by atoms with Crippen molar-refractivity contribution in [2.75, 3.05) is 19.7 Å². The summed E-state index contributed by atoms with van der Waals surface area (Å²) in [6.07, 6.45) is 0.861. The Kier molecular flexibility index (Phi) is 6.35. The Morgan fingerprint density at radius 2 is 2.13 bits per heavy atom. The molecule has 0 heterocycles. The number of halogens is 2. The number of hydrogen-bond donors (Lipinski definition) is 3. The number of carbonyl (C=O) groups excluding carboxylic acids is 1. The SMILES string of the molecule is CCC(C)NCC(=O)NCC(F)(F)CO. The summed E-state index contributed by atoms with van der Waals surface area (Å²) in [6, 6.07) is 0.175. The highest BCUT2D eigenvalue weighted by Crippen LogP contribution is 2.09. The summed E-state index contributed by atoms with van der Waals surface area (Å²) in [7, 11) is 0. The van der Waals surface area contributed by atoms with Gasteiger partial charge in [0.25, 0.3) is 5.92 Å². The van der Waals surface area contributed by atoms with E-state index in [1.165, 1.54) is 0 Å². The zero-order chi connectivity index (χ0) is 11.9. The fourth-order valence-electron chi connectivity index (χ4n) is 0.758. The normalized spacial score (nSPS) is 13.7. The number of alkyl halides is 2. The molecule has 1 atom stereocenters. The maximum Gasteiger partial charge on any atom is 0.287 e. The van der Waals surface area contributed by atoms with Crippen LogP contribution in [0.1, 0.15) is 20.3 Å². The molecule has 0 aliphatic rings. The van der Waals surface area contributed by atoms with Crippen molar-refractivity contribution in [2.45, 2.75) is 32.2 Å². The first-order valence-electron chi connectivity index (χ1n) is 4.90. The maximum atomic E-state index is 12.5. The van der Waals surface area contributed by atoms with E-state index >= 15 is 0 Å². The second-order valence-corrected chi connectivity index (χ2v) is 3.48. The van der Waals surface area contributed by atoms with Gasteiger partial charge < -0.3 is 15.7 Å². The molecule has 1 unspecified atom stereocenters. The Morgan fingerprint density at radius 3 is 2.60 bits per heavy atom. The highest BCUT2D eigenvalue weighted by atomic mass is 19.3. The molecule has 0 aromatic heterocycles. The number of hydrogen-bond acceptors (Lipinski definition) is 3. The number of aliphatic hydroxyl groups excluding tert-OH is 1. The van der Waals surface area contributed by atoms with Crippen LogP contribution in [0.25, 0.3) is 0 Å². The molecule has 0 radical (unpaired) electrons. The summed E-state index contributed by atoms with van der Waals surface area (Å²) < 4.78 is 25.0. The Balaban J connectivity index is 3.67. The molecular weight excluding hydrogens is 206 g/mol. The van der Waals surface area contributed by atoms with E-state index in [1.807, 2.05) is 19.2 Å². The molecule has 15 heavy (non-hydrogen) atoms. The standard InChI is InChI=1S/C9H18F2N2O2/c1-3-7(2)12-4-8(15)13-5-9(10,11)6-14/h7,12,14H,3-6H2,1-2H3,(H,13,15). The molecule has 3 N–H and O–H groups in total. The van der Waals surface area contributed by atoms with Gasteiger partial charge in [0.05, 0.1) is 13.1 Å². The van der Waals surface area contributed by atoms with Crippen LogP contribution in [0.2, 0.25) is 0 Å². The van der Waals surface area contributed by atoms with Crippen LogP contribution in [0, 0.1) is 0 Å². The average Bonchev–Trinajstić information content (AvgIpc) is 2.23. The van der Waals surface area contributed by atoms with Crippen LogP contribution in [-0.4, -0.2) is 42.7 Å². The van der Waals surface area contributed by atoms with Crippen molar-refractivity contribution in [2.24, 2.45) is 0 Å². The second-order valence-electron chi connectivity index (χ2n) is 3.48. The van der Waals surface area contributed by atoms with Gasteiger partial charge in [-0.15, -0.1) is 0 Å². The summed E-state index contributed by atoms with van der Waals surface area (Å²) in [6.45, 7) is 1.78. The van der Waals surface area contributed by atoms with Crippen LogP contribution in [0.4, 0.5) is 8.78 Å².